The van der Waals surface area contributed by atoms with Crippen molar-refractivity contribution in [2.45, 2.75) is 0 Å². The van der Waals surface area contributed by atoms with Crippen molar-refractivity contribution in [2.75, 3.05) is 12.4 Å². The molecule has 2 rings (SSSR count). The van der Waals surface area contributed by atoms with Gasteiger partial charge >= 0.3 is 0 Å². The van der Waals surface area contributed by atoms with Gasteiger partial charge in [-0.05, 0) is 12.1 Å². The van der Waals surface area contributed by atoms with Crippen molar-refractivity contribution >= 4 is 5.82 Å². The van der Waals surface area contributed by atoms with E-state index in [0.29, 0.717) is 5.82 Å². The van der Waals surface area contributed by atoms with Crippen LogP contribution in [-0.4, -0.2) is 17.0 Å². The fraction of sp³-hybridized carbons (Fsp3) is 0.0909. The van der Waals surface area contributed by atoms with E-state index in [2.05, 4.69) is 15.3 Å². The summed E-state index contributed by atoms with van der Waals surface area (Å²) in [6, 6.07) is 1.75. The summed E-state index contributed by atoms with van der Waals surface area (Å²) in [6.07, 6.45) is 2.80. The van der Waals surface area contributed by atoms with E-state index in [1.807, 2.05) is 0 Å². The van der Waals surface area contributed by atoms with E-state index in [-0.39, 0.29) is 11.3 Å². The second kappa shape index (κ2) is 4.40. The summed E-state index contributed by atoms with van der Waals surface area (Å²) in [5.74, 6) is -3.55. The topological polar surface area (TPSA) is 37.8 Å². The molecule has 88 valence electrons. The van der Waals surface area contributed by atoms with Crippen molar-refractivity contribution in [3.05, 3.63) is 42.0 Å². The van der Waals surface area contributed by atoms with Crippen LogP contribution >= 0.6 is 0 Å². The highest BCUT2D eigenvalue weighted by Crippen LogP contribution is 2.22. The molecule has 0 bridgehead atoms. The molecular formula is C11H8F3N3. The van der Waals surface area contributed by atoms with E-state index >= 15 is 0 Å². The van der Waals surface area contributed by atoms with E-state index in [4.69, 9.17) is 0 Å². The molecule has 0 amide bonds. The highest BCUT2D eigenvalue weighted by Gasteiger charge is 2.12. The Morgan fingerprint density at radius 2 is 1.71 bits per heavy atom. The van der Waals surface area contributed by atoms with Gasteiger partial charge in [0.25, 0.3) is 0 Å². The van der Waals surface area contributed by atoms with Crippen LogP contribution in [0.25, 0.3) is 11.3 Å². The van der Waals surface area contributed by atoms with Gasteiger partial charge in [-0.15, -0.1) is 0 Å². The van der Waals surface area contributed by atoms with Crippen LogP contribution in [0.5, 0.6) is 0 Å². The van der Waals surface area contributed by atoms with Gasteiger partial charge in [0, 0.05) is 12.6 Å². The molecule has 0 spiro atoms. The van der Waals surface area contributed by atoms with Gasteiger partial charge in [0.15, 0.2) is 17.5 Å². The predicted octanol–water partition coefficient (Wildman–Crippen LogP) is 2.60. The first-order valence-corrected chi connectivity index (χ1v) is 4.76. The molecule has 2 aromatic rings. The average molecular weight is 239 g/mol. The van der Waals surface area contributed by atoms with Crippen molar-refractivity contribution in [1.82, 2.24) is 9.97 Å². The summed E-state index contributed by atoms with van der Waals surface area (Å²) in [7, 11) is 1.64. The van der Waals surface area contributed by atoms with Gasteiger partial charge in [0.2, 0.25) is 0 Å². The molecule has 0 saturated carbocycles. The Morgan fingerprint density at radius 3 is 2.29 bits per heavy atom. The number of hydrogen-bond acceptors (Lipinski definition) is 3. The number of nitrogens with zero attached hydrogens (tertiary/aromatic N) is 2. The Labute approximate surface area is 95.3 Å². The first kappa shape index (κ1) is 11.4. The summed E-state index contributed by atoms with van der Waals surface area (Å²) in [5.41, 5.74) is 0.389. The molecule has 0 fully saturated rings. The maximum absolute atomic E-state index is 13.0. The van der Waals surface area contributed by atoms with Crippen LogP contribution in [0.2, 0.25) is 0 Å². The Balaban J connectivity index is 2.52. The van der Waals surface area contributed by atoms with Crippen LogP contribution in [0.15, 0.2) is 24.5 Å². The fourth-order valence-electron chi connectivity index (χ4n) is 1.33. The second-order valence-electron chi connectivity index (χ2n) is 3.29. The summed E-state index contributed by atoms with van der Waals surface area (Å²) in [6.45, 7) is 0. The predicted molar refractivity (Wildman–Crippen MR) is 56.9 cm³/mol. The van der Waals surface area contributed by atoms with Crippen LogP contribution in [0.1, 0.15) is 0 Å². The monoisotopic (exact) mass is 239 g/mol. The first-order chi connectivity index (χ1) is 8.11. The third kappa shape index (κ3) is 2.20. The van der Waals surface area contributed by atoms with Crippen molar-refractivity contribution in [1.29, 1.82) is 0 Å². The average Bonchev–Trinajstić information content (AvgIpc) is 2.35. The minimum Gasteiger partial charge on any atom is -0.372 e. The number of hydrogen-bond donors (Lipinski definition) is 1. The molecule has 0 saturated heterocycles. The molecule has 0 atom stereocenters. The summed E-state index contributed by atoms with van der Waals surface area (Å²) in [5, 5.41) is 2.74. The van der Waals surface area contributed by atoms with E-state index in [1.165, 1.54) is 12.4 Å². The van der Waals surface area contributed by atoms with Crippen LogP contribution in [-0.2, 0) is 0 Å². The van der Waals surface area contributed by atoms with Gasteiger partial charge in [-0.25, -0.2) is 18.2 Å². The second-order valence-corrected chi connectivity index (χ2v) is 3.29. The van der Waals surface area contributed by atoms with Crippen LogP contribution in [0.4, 0.5) is 19.0 Å². The molecule has 6 heteroatoms. The SMILES string of the molecule is CNc1cncc(-c2cc(F)c(F)c(F)c2)n1. The van der Waals surface area contributed by atoms with E-state index in [1.54, 1.807) is 7.05 Å². The zero-order chi connectivity index (χ0) is 12.4. The molecular weight excluding hydrogens is 231 g/mol. The lowest BCUT2D eigenvalue weighted by Gasteiger charge is -2.04. The minimum absolute atomic E-state index is 0.131. The maximum Gasteiger partial charge on any atom is 0.194 e. The van der Waals surface area contributed by atoms with Crippen molar-refractivity contribution < 1.29 is 13.2 Å². The van der Waals surface area contributed by atoms with Crippen molar-refractivity contribution in [3.8, 4) is 11.3 Å². The smallest absolute Gasteiger partial charge is 0.194 e. The summed E-state index contributed by atoms with van der Waals surface area (Å²) < 4.78 is 38.8. The molecule has 0 unspecified atom stereocenters. The first-order valence-electron chi connectivity index (χ1n) is 4.76. The van der Waals surface area contributed by atoms with E-state index in [0.717, 1.165) is 12.1 Å². The molecule has 1 heterocycles. The van der Waals surface area contributed by atoms with Crippen molar-refractivity contribution in [3.63, 3.8) is 0 Å². The lowest BCUT2D eigenvalue weighted by molar-refractivity contribution is 0.447. The van der Waals surface area contributed by atoms with Gasteiger partial charge in [-0.3, -0.25) is 4.98 Å². The van der Waals surface area contributed by atoms with Gasteiger partial charge in [-0.2, -0.15) is 0 Å². The minimum atomic E-state index is -1.49. The third-order valence-electron chi connectivity index (χ3n) is 2.17. The maximum atomic E-state index is 13.0. The Hall–Kier alpha value is -2.11. The number of nitrogens with one attached hydrogen (secondary N) is 1. The molecule has 1 aromatic carbocycles. The molecule has 0 aliphatic carbocycles. The number of anilines is 1. The third-order valence-corrected chi connectivity index (χ3v) is 2.17. The van der Waals surface area contributed by atoms with Gasteiger partial charge in [0.05, 0.1) is 18.1 Å². The van der Waals surface area contributed by atoms with Crippen molar-refractivity contribution in [2.24, 2.45) is 0 Å². The Morgan fingerprint density at radius 1 is 1.06 bits per heavy atom. The normalized spacial score (nSPS) is 10.4. The molecule has 17 heavy (non-hydrogen) atoms. The van der Waals surface area contributed by atoms with E-state index in [9.17, 15) is 13.2 Å². The highest BCUT2D eigenvalue weighted by molar-refractivity contribution is 5.60. The van der Waals surface area contributed by atoms with Gasteiger partial charge in [-0.1, -0.05) is 0 Å². The fourth-order valence-corrected chi connectivity index (χ4v) is 1.33. The lowest BCUT2D eigenvalue weighted by atomic mass is 10.1. The van der Waals surface area contributed by atoms with Crippen LogP contribution in [0.3, 0.4) is 0 Å². The molecule has 1 aromatic heterocycles. The number of aromatic nitrogens is 2. The molecule has 3 nitrogen and oxygen atoms in total. The Kier molecular flexibility index (Phi) is 2.95. The molecule has 0 aliphatic rings. The summed E-state index contributed by atoms with van der Waals surface area (Å²) >= 11 is 0. The Bertz CT molecular complexity index is 534. The zero-order valence-corrected chi connectivity index (χ0v) is 8.84. The molecule has 1 N–H and O–H groups in total. The van der Waals surface area contributed by atoms with E-state index < -0.39 is 17.5 Å². The number of halogens is 3. The number of benzene rings is 1. The highest BCUT2D eigenvalue weighted by atomic mass is 19.2. The zero-order valence-electron chi connectivity index (χ0n) is 8.84. The quantitative estimate of drug-likeness (QED) is 0.818. The number of rotatable bonds is 2. The molecule has 0 aliphatic heterocycles. The van der Waals surface area contributed by atoms with Gasteiger partial charge < -0.3 is 5.32 Å². The lowest BCUT2D eigenvalue weighted by Crippen LogP contribution is -1.97. The summed E-state index contributed by atoms with van der Waals surface area (Å²) in [4.78, 5) is 7.89. The van der Waals surface area contributed by atoms with Gasteiger partial charge in [0.1, 0.15) is 5.82 Å². The standard InChI is InChI=1S/C11H8F3N3/c1-15-10-5-16-4-9(17-10)6-2-7(12)11(14)8(13)3-6/h2-5H,1H3,(H,15,17). The van der Waals surface area contributed by atoms with Crippen LogP contribution in [0, 0.1) is 17.5 Å². The molecule has 0 radical (unpaired) electrons. The van der Waals surface area contributed by atoms with Crippen LogP contribution < -0.4 is 5.32 Å². The largest absolute Gasteiger partial charge is 0.372 e.